The van der Waals surface area contributed by atoms with Crippen molar-refractivity contribution in [2.75, 3.05) is 10.8 Å². The van der Waals surface area contributed by atoms with E-state index in [0.29, 0.717) is 16.5 Å². The van der Waals surface area contributed by atoms with Crippen molar-refractivity contribution >= 4 is 44.9 Å². The van der Waals surface area contributed by atoms with Crippen molar-refractivity contribution in [3.8, 4) is 5.75 Å². The summed E-state index contributed by atoms with van der Waals surface area (Å²) in [6, 6.07) is 19.6. The molecule has 3 aromatic rings. The molecular weight excluding hydrogens is 486 g/mol. The molecule has 0 bridgehead atoms. The average molecular weight is 512 g/mol. The molecule has 0 radical (unpaired) electrons. The van der Waals surface area contributed by atoms with Crippen LogP contribution in [0.3, 0.4) is 0 Å². The molecule has 1 heterocycles. The van der Waals surface area contributed by atoms with E-state index in [1.54, 1.807) is 30.3 Å². The minimum Gasteiger partial charge on any atom is -0.486 e. The first-order valence-electron chi connectivity index (χ1n) is 11.2. The number of halogens is 1. The zero-order valence-electron chi connectivity index (χ0n) is 19.4. The number of benzene rings is 3. The van der Waals surface area contributed by atoms with Crippen LogP contribution in [0.2, 0.25) is 5.02 Å². The Morgan fingerprint density at radius 1 is 1.14 bits per heavy atom. The number of nitrogens with zero attached hydrogens (tertiary/aromatic N) is 1. The number of ether oxygens (including phenoxy) is 1. The summed E-state index contributed by atoms with van der Waals surface area (Å²) in [6.45, 7) is 3.80. The van der Waals surface area contributed by atoms with Gasteiger partial charge >= 0.3 is 5.97 Å². The second-order valence-corrected chi connectivity index (χ2v) is 10.8. The molecule has 4 rings (SSSR count). The molecule has 0 aromatic heterocycles. The SMILES string of the molecule is C/C(=C\c1ccc2c(c1)N(S(=O)(=O)c1cccc(C)c1)C[C@H](CCC(=O)O)O2)c1ccccc1Cl. The van der Waals surface area contributed by atoms with Gasteiger partial charge in [-0.25, -0.2) is 8.42 Å². The van der Waals surface area contributed by atoms with E-state index in [9.17, 15) is 13.2 Å². The lowest BCUT2D eigenvalue weighted by atomic mass is 10.0. The van der Waals surface area contributed by atoms with Gasteiger partial charge in [0.15, 0.2) is 0 Å². The number of allylic oxidation sites excluding steroid dienone is 1. The van der Waals surface area contributed by atoms with Crippen LogP contribution in [0.25, 0.3) is 11.6 Å². The molecule has 1 aliphatic heterocycles. The predicted octanol–water partition coefficient (Wildman–Crippen LogP) is 6.03. The largest absolute Gasteiger partial charge is 0.486 e. The Kier molecular flexibility index (Phi) is 7.19. The Bertz CT molecular complexity index is 1400. The molecule has 0 spiro atoms. The highest BCUT2D eigenvalue weighted by molar-refractivity contribution is 7.92. The van der Waals surface area contributed by atoms with Crippen LogP contribution in [0.1, 0.15) is 36.5 Å². The molecule has 182 valence electrons. The molecule has 35 heavy (non-hydrogen) atoms. The van der Waals surface area contributed by atoms with Gasteiger partial charge in [-0.2, -0.15) is 0 Å². The van der Waals surface area contributed by atoms with Gasteiger partial charge in [0.05, 0.1) is 17.1 Å². The zero-order valence-corrected chi connectivity index (χ0v) is 21.0. The van der Waals surface area contributed by atoms with Crippen molar-refractivity contribution in [2.45, 2.75) is 37.7 Å². The van der Waals surface area contributed by atoms with Crippen LogP contribution >= 0.6 is 11.6 Å². The number of carboxylic acid groups (broad SMARTS) is 1. The first kappa shape index (κ1) is 24.8. The van der Waals surface area contributed by atoms with E-state index < -0.39 is 22.1 Å². The van der Waals surface area contributed by atoms with Crippen LogP contribution in [-0.2, 0) is 14.8 Å². The highest BCUT2D eigenvalue weighted by atomic mass is 35.5. The number of carboxylic acids is 1. The van der Waals surface area contributed by atoms with Crippen LogP contribution < -0.4 is 9.04 Å². The molecule has 0 unspecified atom stereocenters. The molecule has 8 heteroatoms. The van der Waals surface area contributed by atoms with Crippen LogP contribution in [0, 0.1) is 6.92 Å². The topological polar surface area (TPSA) is 83.9 Å². The number of hydrogen-bond donors (Lipinski definition) is 1. The fourth-order valence-electron chi connectivity index (χ4n) is 4.09. The number of rotatable bonds is 7. The fraction of sp³-hybridized carbons (Fsp3) is 0.222. The van der Waals surface area contributed by atoms with E-state index in [0.717, 1.165) is 22.3 Å². The van der Waals surface area contributed by atoms with Crippen LogP contribution in [-0.4, -0.2) is 32.1 Å². The maximum absolute atomic E-state index is 13.7. The van der Waals surface area contributed by atoms with Gasteiger partial charge in [-0.3, -0.25) is 9.10 Å². The molecular formula is C27H26ClNO5S. The average Bonchev–Trinajstić information content (AvgIpc) is 2.82. The number of aryl methyl sites for hydroxylation is 1. The first-order valence-corrected chi connectivity index (χ1v) is 13.0. The maximum atomic E-state index is 13.7. The molecule has 0 aliphatic carbocycles. The summed E-state index contributed by atoms with van der Waals surface area (Å²) in [4.78, 5) is 11.3. The Morgan fingerprint density at radius 2 is 1.91 bits per heavy atom. The summed E-state index contributed by atoms with van der Waals surface area (Å²) in [7, 11) is -3.91. The second-order valence-electron chi connectivity index (χ2n) is 8.56. The Labute approximate surface area is 210 Å². The summed E-state index contributed by atoms with van der Waals surface area (Å²) in [5, 5.41) is 9.74. The molecule has 1 N–H and O–H groups in total. The van der Waals surface area contributed by atoms with Gasteiger partial charge in [0.2, 0.25) is 0 Å². The third kappa shape index (κ3) is 5.52. The number of fused-ring (bicyclic) bond motifs is 1. The number of carbonyl (C=O) groups is 1. The van der Waals surface area contributed by atoms with Crippen LogP contribution in [0.4, 0.5) is 5.69 Å². The van der Waals surface area contributed by atoms with Gasteiger partial charge in [0.1, 0.15) is 11.9 Å². The quantitative estimate of drug-likeness (QED) is 0.391. The molecule has 0 saturated heterocycles. The van der Waals surface area contributed by atoms with Crippen molar-refractivity contribution in [2.24, 2.45) is 0 Å². The number of sulfonamides is 1. The Morgan fingerprint density at radius 3 is 2.63 bits per heavy atom. The van der Waals surface area contributed by atoms with E-state index >= 15 is 0 Å². The summed E-state index contributed by atoms with van der Waals surface area (Å²) < 4.78 is 34.8. The molecule has 3 aromatic carbocycles. The standard InChI is InChI=1S/C27H26ClNO5S/c1-18-6-5-7-22(14-18)35(32,33)29-17-21(11-13-27(30)31)34-26-12-10-20(16-25(26)29)15-19(2)23-8-3-4-9-24(23)28/h3-10,12,14-16,21H,11,13,17H2,1-2H3,(H,30,31)/b19-15+/t21-/m0/s1. The van der Waals surface area contributed by atoms with Crippen LogP contribution in [0.15, 0.2) is 71.6 Å². The highest BCUT2D eigenvalue weighted by Gasteiger charge is 2.35. The van der Waals surface area contributed by atoms with Crippen LogP contribution in [0.5, 0.6) is 5.75 Å². The van der Waals surface area contributed by atoms with Gasteiger partial charge in [-0.05, 0) is 72.9 Å². The van der Waals surface area contributed by atoms with Crippen molar-refractivity contribution in [3.05, 3.63) is 88.4 Å². The lowest BCUT2D eigenvalue weighted by molar-refractivity contribution is -0.137. The minimum absolute atomic E-state index is 0.0211. The summed E-state index contributed by atoms with van der Waals surface area (Å²) >= 11 is 6.34. The Hall–Kier alpha value is -3.29. The Balaban J connectivity index is 1.77. The summed E-state index contributed by atoms with van der Waals surface area (Å²) in [5.74, 6) is -0.557. The molecule has 1 atom stereocenters. The van der Waals surface area contributed by atoms with E-state index in [1.165, 1.54) is 4.31 Å². The number of anilines is 1. The van der Waals surface area contributed by atoms with Gasteiger partial charge in [-0.1, -0.05) is 54.1 Å². The fourth-order valence-corrected chi connectivity index (χ4v) is 5.98. The number of hydrogen-bond acceptors (Lipinski definition) is 4. The summed E-state index contributed by atoms with van der Waals surface area (Å²) in [6.07, 6.45) is 1.44. The zero-order chi connectivity index (χ0) is 25.2. The molecule has 0 fully saturated rings. The smallest absolute Gasteiger partial charge is 0.303 e. The van der Waals surface area contributed by atoms with E-state index in [1.807, 2.05) is 56.3 Å². The van der Waals surface area contributed by atoms with Crippen molar-refractivity contribution in [3.63, 3.8) is 0 Å². The van der Waals surface area contributed by atoms with Crippen molar-refractivity contribution in [1.82, 2.24) is 0 Å². The van der Waals surface area contributed by atoms with E-state index in [2.05, 4.69) is 0 Å². The first-order chi connectivity index (χ1) is 16.6. The summed E-state index contributed by atoms with van der Waals surface area (Å²) in [5.41, 5.74) is 3.85. The van der Waals surface area contributed by atoms with Gasteiger partial charge in [0.25, 0.3) is 10.0 Å². The normalized spacial score (nSPS) is 15.9. The maximum Gasteiger partial charge on any atom is 0.303 e. The highest BCUT2D eigenvalue weighted by Crippen LogP contribution is 2.39. The number of aliphatic carboxylic acids is 1. The van der Waals surface area contributed by atoms with E-state index in [-0.39, 0.29) is 24.3 Å². The molecule has 0 saturated carbocycles. The lowest BCUT2D eigenvalue weighted by Gasteiger charge is -2.35. The van der Waals surface area contributed by atoms with Crippen molar-refractivity contribution < 1.29 is 23.1 Å². The monoisotopic (exact) mass is 511 g/mol. The second kappa shape index (κ2) is 10.1. The van der Waals surface area contributed by atoms with Crippen molar-refractivity contribution in [1.29, 1.82) is 0 Å². The molecule has 0 amide bonds. The van der Waals surface area contributed by atoms with Gasteiger partial charge in [-0.15, -0.1) is 0 Å². The minimum atomic E-state index is -3.91. The van der Waals surface area contributed by atoms with Gasteiger partial charge in [0, 0.05) is 11.4 Å². The molecule has 1 aliphatic rings. The lowest BCUT2D eigenvalue weighted by Crippen LogP contribution is -2.43. The predicted molar refractivity (Wildman–Crippen MR) is 138 cm³/mol. The van der Waals surface area contributed by atoms with E-state index in [4.69, 9.17) is 21.4 Å². The van der Waals surface area contributed by atoms with Gasteiger partial charge < -0.3 is 9.84 Å². The third-order valence-electron chi connectivity index (χ3n) is 5.85. The third-order valence-corrected chi connectivity index (χ3v) is 7.96. The molecule has 6 nitrogen and oxygen atoms in total.